The molecule has 0 unspecified atom stereocenters. The summed E-state index contributed by atoms with van der Waals surface area (Å²) >= 11 is 0. The second-order valence-electron chi connectivity index (χ2n) is 5.23. The van der Waals surface area contributed by atoms with Gasteiger partial charge in [-0.25, -0.2) is 13.6 Å². The lowest BCUT2D eigenvalue weighted by Gasteiger charge is -2.19. The molecule has 1 fully saturated rings. The molecule has 0 aliphatic heterocycles. The minimum absolute atomic E-state index is 0.00605. The van der Waals surface area contributed by atoms with E-state index in [1.807, 2.05) is 0 Å². The maximum atomic E-state index is 11.9. The normalized spacial score (nSPS) is 15.2. The van der Waals surface area contributed by atoms with E-state index in [0.29, 0.717) is 18.2 Å². The summed E-state index contributed by atoms with van der Waals surface area (Å²) in [5.41, 5.74) is 0.445. The van der Waals surface area contributed by atoms with E-state index in [9.17, 15) is 13.2 Å². The Kier molecular flexibility index (Phi) is 4.97. The number of benzene rings is 1. The van der Waals surface area contributed by atoms with E-state index in [2.05, 4.69) is 17.1 Å². The van der Waals surface area contributed by atoms with Crippen LogP contribution in [0.1, 0.15) is 26.2 Å². The molecule has 1 aliphatic carbocycles. The number of carbonyl (C=O) groups is 1. The van der Waals surface area contributed by atoms with Gasteiger partial charge in [-0.2, -0.15) is 0 Å². The summed E-state index contributed by atoms with van der Waals surface area (Å²) in [7, 11) is -3.75. The lowest BCUT2D eigenvalue weighted by Crippen LogP contribution is -2.29. The Bertz CT molecular complexity index is 612. The molecule has 6 nitrogen and oxygen atoms in total. The van der Waals surface area contributed by atoms with Gasteiger partial charge in [0.15, 0.2) is 0 Å². The molecule has 0 spiro atoms. The fourth-order valence-electron chi connectivity index (χ4n) is 2.26. The maximum Gasteiger partial charge on any atom is 0.238 e. The van der Waals surface area contributed by atoms with Gasteiger partial charge in [-0.15, -0.1) is 0 Å². The largest absolute Gasteiger partial charge is 0.326 e. The number of amides is 1. The van der Waals surface area contributed by atoms with Crippen molar-refractivity contribution in [3.8, 4) is 0 Å². The van der Waals surface area contributed by atoms with Crippen molar-refractivity contribution < 1.29 is 13.2 Å². The lowest BCUT2D eigenvalue weighted by atomic mass is 10.3. The number of sulfonamides is 1. The first kappa shape index (κ1) is 15.9. The van der Waals surface area contributed by atoms with Crippen LogP contribution >= 0.6 is 0 Å². The number of hydrogen-bond acceptors (Lipinski definition) is 4. The van der Waals surface area contributed by atoms with E-state index >= 15 is 0 Å². The van der Waals surface area contributed by atoms with Crippen molar-refractivity contribution in [3.05, 3.63) is 24.3 Å². The molecule has 1 saturated carbocycles. The standard InChI is InChI=1S/C14H21N3O3S/c1-2-17(12-6-7-12)9-8-14(18)16-11-4-3-5-13(10-11)21(15,19)20/h3-5,10,12H,2,6-9H2,1H3,(H,16,18)(H2,15,19,20). The highest BCUT2D eigenvalue weighted by molar-refractivity contribution is 7.89. The molecule has 21 heavy (non-hydrogen) atoms. The highest BCUT2D eigenvalue weighted by Gasteiger charge is 2.27. The molecule has 0 aromatic heterocycles. The Labute approximate surface area is 125 Å². The summed E-state index contributed by atoms with van der Waals surface area (Å²) in [5, 5.41) is 7.77. The quantitative estimate of drug-likeness (QED) is 0.790. The third kappa shape index (κ3) is 4.80. The SMILES string of the molecule is CCN(CCC(=O)Nc1cccc(S(N)(=O)=O)c1)C1CC1. The Morgan fingerprint density at radius 3 is 2.71 bits per heavy atom. The zero-order valence-electron chi connectivity index (χ0n) is 12.1. The molecule has 0 radical (unpaired) electrons. The average molecular weight is 311 g/mol. The summed E-state index contributed by atoms with van der Waals surface area (Å²) in [6.45, 7) is 3.76. The van der Waals surface area contributed by atoms with E-state index in [4.69, 9.17) is 5.14 Å². The van der Waals surface area contributed by atoms with Gasteiger partial charge in [0.1, 0.15) is 0 Å². The predicted octanol–water partition coefficient (Wildman–Crippen LogP) is 1.15. The van der Waals surface area contributed by atoms with Crippen LogP contribution in [0, 0.1) is 0 Å². The Balaban J connectivity index is 1.90. The molecule has 1 amide bonds. The molecule has 0 saturated heterocycles. The minimum Gasteiger partial charge on any atom is -0.326 e. The van der Waals surface area contributed by atoms with E-state index in [1.165, 1.54) is 25.0 Å². The number of anilines is 1. The monoisotopic (exact) mass is 311 g/mol. The van der Waals surface area contributed by atoms with Crippen LogP contribution < -0.4 is 10.5 Å². The Morgan fingerprint density at radius 1 is 1.43 bits per heavy atom. The minimum atomic E-state index is -3.75. The highest BCUT2D eigenvalue weighted by atomic mass is 32.2. The predicted molar refractivity (Wildman–Crippen MR) is 81.3 cm³/mol. The number of nitrogens with one attached hydrogen (secondary N) is 1. The number of nitrogens with zero attached hydrogens (tertiary/aromatic N) is 1. The number of hydrogen-bond donors (Lipinski definition) is 2. The molecule has 0 atom stereocenters. The van der Waals surface area contributed by atoms with Gasteiger partial charge in [0.05, 0.1) is 4.90 Å². The van der Waals surface area contributed by atoms with Gasteiger partial charge in [0.25, 0.3) is 0 Å². The molecule has 1 aliphatic rings. The molecular weight excluding hydrogens is 290 g/mol. The molecule has 1 aromatic carbocycles. The highest BCUT2D eigenvalue weighted by Crippen LogP contribution is 2.26. The molecule has 1 aromatic rings. The van der Waals surface area contributed by atoms with Crippen molar-refractivity contribution >= 4 is 21.6 Å². The van der Waals surface area contributed by atoms with Gasteiger partial charge in [-0.1, -0.05) is 13.0 Å². The van der Waals surface area contributed by atoms with Crippen LogP contribution in [0.2, 0.25) is 0 Å². The maximum absolute atomic E-state index is 11.9. The summed E-state index contributed by atoms with van der Waals surface area (Å²) in [6.07, 6.45) is 2.82. The number of nitrogens with two attached hydrogens (primary N) is 1. The lowest BCUT2D eigenvalue weighted by molar-refractivity contribution is -0.116. The third-order valence-corrected chi connectivity index (χ3v) is 4.45. The van der Waals surface area contributed by atoms with Crippen LogP contribution in [-0.4, -0.2) is 38.4 Å². The summed E-state index contributed by atoms with van der Waals surface area (Å²) in [4.78, 5) is 14.2. The van der Waals surface area contributed by atoms with Crippen molar-refractivity contribution in [3.63, 3.8) is 0 Å². The van der Waals surface area contributed by atoms with Crippen LogP contribution in [0.5, 0.6) is 0 Å². The molecule has 7 heteroatoms. The van der Waals surface area contributed by atoms with Gasteiger partial charge in [-0.3, -0.25) is 4.79 Å². The number of carbonyl (C=O) groups excluding carboxylic acids is 1. The first-order valence-electron chi connectivity index (χ1n) is 7.07. The zero-order valence-corrected chi connectivity index (χ0v) is 12.9. The fourth-order valence-corrected chi connectivity index (χ4v) is 2.82. The van der Waals surface area contributed by atoms with Crippen LogP contribution in [0.15, 0.2) is 29.2 Å². The molecule has 116 valence electrons. The number of primary sulfonamides is 1. The van der Waals surface area contributed by atoms with Gasteiger partial charge in [-0.05, 0) is 37.6 Å². The number of rotatable bonds is 7. The second kappa shape index (κ2) is 6.55. The van der Waals surface area contributed by atoms with Crippen molar-refractivity contribution in [2.24, 2.45) is 5.14 Å². The van der Waals surface area contributed by atoms with Gasteiger partial charge >= 0.3 is 0 Å². The first-order valence-corrected chi connectivity index (χ1v) is 8.61. The smallest absolute Gasteiger partial charge is 0.238 e. The van der Waals surface area contributed by atoms with Gasteiger partial charge < -0.3 is 10.2 Å². The van der Waals surface area contributed by atoms with E-state index in [0.717, 1.165) is 13.1 Å². The Hall–Kier alpha value is -1.44. The fraction of sp³-hybridized carbons (Fsp3) is 0.500. The van der Waals surface area contributed by atoms with E-state index < -0.39 is 10.0 Å². The average Bonchev–Trinajstić information content (AvgIpc) is 3.23. The first-order chi connectivity index (χ1) is 9.90. The van der Waals surface area contributed by atoms with Gasteiger partial charge in [0, 0.05) is 24.7 Å². The summed E-state index contributed by atoms with van der Waals surface area (Å²) in [5.74, 6) is -0.124. The summed E-state index contributed by atoms with van der Waals surface area (Å²) < 4.78 is 22.5. The van der Waals surface area contributed by atoms with E-state index in [1.54, 1.807) is 12.1 Å². The third-order valence-electron chi connectivity index (χ3n) is 3.54. The Morgan fingerprint density at radius 2 is 2.14 bits per heavy atom. The van der Waals surface area contributed by atoms with Crippen molar-refractivity contribution in [2.75, 3.05) is 18.4 Å². The van der Waals surface area contributed by atoms with Crippen molar-refractivity contribution in [1.29, 1.82) is 0 Å². The zero-order chi connectivity index (χ0) is 15.5. The summed E-state index contributed by atoms with van der Waals surface area (Å²) in [6, 6.07) is 6.60. The van der Waals surface area contributed by atoms with Crippen molar-refractivity contribution in [2.45, 2.75) is 37.1 Å². The van der Waals surface area contributed by atoms with Crippen LogP contribution in [-0.2, 0) is 14.8 Å². The molecule has 3 N–H and O–H groups in total. The molecule has 0 heterocycles. The van der Waals surface area contributed by atoms with E-state index in [-0.39, 0.29) is 10.8 Å². The second-order valence-corrected chi connectivity index (χ2v) is 6.79. The molecular formula is C14H21N3O3S. The van der Waals surface area contributed by atoms with Crippen molar-refractivity contribution in [1.82, 2.24) is 4.90 Å². The topological polar surface area (TPSA) is 92.5 Å². The van der Waals surface area contributed by atoms with Crippen LogP contribution in [0.25, 0.3) is 0 Å². The molecule has 0 bridgehead atoms. The van der Waals surface area contributed by atoms with Crippen LogP contribution in [0.4, 0.5) is 5.69 Å². The van der Waals surface area contributed by atoms with Gasteiger partial charge in [0.2, 0.25) is 15.9 Å². The molecule has 2 rings (SSSR count). The van der Waals surface area contributed by atoms with Crippen LogP contribution in [0.3, 0.4) is 0 Å².